The fraction of sp³-hybridized carbons (Fsp3) is 0.421. The molecule has 1 heterocycles. The fourth-order valence-electron chi connectivity index (χ4n) is 3.10. The number of para-hydroxylation sites is 1. The van der Waals surface area contributed by atoms with Gasteiger partial charge in [-0.05, 0) is 25.5 Å². The maximum atomic E-state index is 12.8. The fourth-order valence-corrected chi connectivity index (χ4v) is 3.10. The molecule has 1 aromatic carbocycles. The predicted molar refractivity (Wildman–Crippen MR) is 96.5 cm³/mol. The molecule has 0 aliphatic heterocycles. The number of benzene rings is 1. The number of amides is 1. The van der Waals surface area contributed by atoms with Crippen LogP contribution in [0.5, 0.6) is 0 Å². The van der Waals surface area contributed by atoms with Gasteiger partial charge in [0.25, 0.3) is 0 Å². The van der Waals surface area contributed by atoms with Crippen LogP contribution in [0, 0.1) is 0 Å². The SMILES string of the molecule is CCOC(=O)C(NC(C)=O)(C(=O)OCC)C(C)c1c[nH]c2ccccc12. The normalized spacial score (nSPS) is 12.5. The summed E-state index contributed by atoms with van der Waals surface area (Å²) in [4.78, 5) is 40.7. The van der Waals surface area contributed by atoms with E-state index >= 15 is 0 Å². The lowest BCUT2D eigenvalue weighted by molar-refractivity contribution is -0.169. The molecule has 1 atom stereocenters. The minimum absolute atomic E-state index is 0.0696. The van der Waals surface area contributed by atoms with Gasteiger partial charge in [0.1, 0.15) is 0 Å². The molecule has 0 spiro atoms. The van der Waals surface area contributed by atoms with E-state index in [-0.39, 0.29) is 13.2 Å². The number of hydrogen-bond acceptors (Lipinski definition) is 5. The highest BCUT2D eigenvalue weighted by Crippen LogP contribution is 2.35. The van der Waals surface area contributed by atoms with Crippen molar-refractivity contribution in [1.82, 2.24) is 10.3 Å². The lowest BCUT2D eigenvalue weighted by Gasteiger charge is -2.34. The average molecular weight is 360 g/mol. The molecule has 2 N–H and O–H groups in total. The third kappa shape index (κ3) is 3.42. The molecule has 2 rings (SSSR count). The van der Waals surface area contributed by atoms with Crippen LogP contribution < -0.4 is 5.32 Å². The van der Waals surface area contributed by atoms with E-state index in [0.29, 0.717) is 5.56 Å². The first-order chi connectivity index (χ1) is 12.4. The van der Waals surface area contributed by atoms with Crippen LogP contribution in [0.25, 0.3) is 10.9 Å². The van der Waals surface area contributed by atoms with E-state index in [0.717, 1.165) is 10.9 Å². The van der Waals surface area contributed by atoms with Crippen molar-refractivity contribution in [3.8, 4) is 0 Å². The predicted octanol–water partition coefficient (Wildman–Crippen LogP) is 2.27. The Bertz CT molecular complexity index is 793. The summed E-state index contributed by atoms with van der Waals surface area (Å²) in [7, 11) is 0. The first-order valence-corrected chi connectivity index (χ1v) is 8.57. The zero-order chi connectivity index (χ0) is 19.3. The Kier molecular flexibility index (Phi) is 6.02. The van der Waals surface area contributed by atoms with Gasteiger partial charge in [-0.3, -0.25) is 4.79 Å². The van der Waals surface area contributed by atoms with Crippen molar-refractivity contribution in [2.24, 2.45) is 0 Å². The molecule has 0 saturated carbocycles. The van der Waals surface area contributed by atoms with Gasteiger partial charge in [0.05, 0.1) is 13.2 Å². The van der Waals surface area contributed by atoms with Gasteiger partial charge >= 0.3 is 11.9 Å². The Labute approximate surface area is 152 Å². The standard InChI is InChI=1S/C19H24N2O5/c1-5-25-17(23)19(21-13(4)22,18(24)26-6-2)12(3)15-11-20-16-10-8-7-9-14(15)16/h7-12,20H,5-6H2,1-4H3,(H,21,22). The first kappa shape index (κ1) is 19.5. The quantitative estimate of drug-likeness (QED) is 0.583. The number of fused-ring (bicyclic) bond motifs is 1. The molecular formula is C19H24N2O5. The Morgan fingerprint density at radius 1 is 1.12 bits per heavy atom. The van der Waals surface area contributed by atoms with Gasteiger partial charge < -0.3 is 19.8 Å². The number of carbonyl (C=O) groups excluding carboxylic acids is 3. The van der Waals surface area contributed by atoms with E-state index in [1.807, 2.05) is 24.3 Å². The van der Waals surface area contributed by atoms with Gasteiger partial charge in [-0.2, -0.15) is 0 Å². The van der Waals surface area contributed by atoms with E-state index < -0.39 is 29.3 Å². The summed E-state index contributed by atoms with van der Waals surface area (Å²) in [5.41, 5.74) is -0.405. The molecule has 1 amide bonds. The molecule has 0 radical (unpaired) electrons. The Morgan fingerprint density at radius 2 is 1.69 bits per heavy atom. The van der Waals surface area contributed by atoms with Crippen LogP contribution in [-0.2, 0) is 23.9 Å². The van der Waals surface area contributed by atoms with Crippen LogP contribution in [-0.4, -0.2) is 41.6 Å². The number of ether oxygens (including phenoxy) is 2. The largest absolute Gasteiger partial charge is 0.464 e. The van der Waals surface area contributed by atoms with Gasteiger partial charge in [-0.1, -0.05) is 25.1 Å². The maximum absolute atomic E-state index is 12.8. The van der Waals surface area contributed by atoms with E-state index in [9.17, 15) is 14.4 Å². The molecule has 0 fully saturated rings. The molecule has 0 aliphatic rings. The van der Waals surface area contributed by atoms with Crippen LogP contribution in [0.3, 0.4) is 0 Å². The highest BCUT2D eigenvalue weighted by atomic mass is 16.6. The second-order valence-corrected chi connectivity index (χ2v) is 5.94. The minimum Gasteiger partial charge on any atom is -0.464 e. The van der Waals surface area contributed by atoms with Crippen LogP contribution in [0.15, 0.2) is 30.5 Å². The molecule has 0 bridgehead atoms. The number of esters is 2. The van der Waals surface area contributed by atoms with Crippen molar-refractivity contribution in [2.45, 2.75) is 39.2 Å². The molecule has 7 heteroatoms. The third-order valence-electron chi connectivity index (χ3n) is 4.31. The third-order valence-corrected chi connectivity index (χ3v) is 4.31. The zero-order valence-electron chi connectivity index (χ0n) is 15.4. The number of aromatic nitrogens is 1. The van der Waals surface area contributed by atoms with Gasteiger partial charge in [0, 0.05) is 29.9 Å². The zero-order valence-corrected chi connectivity index (χ0v) is 15.4. The first-order valence-electron chi connectivity index (χ1n) is 8.57. The smallest absolute Gasteiger partial charge is 0.344 e. The summed E-state index contributed by atoms with van der Waals surface area (Å²) in [6, 6.07) is 7.51. The van der Waals surface area contributed by atoms with Crippen LogP contribution >= 0.6 is 0 Å². The summed E-state index contributed by atoms with van der Waals surface area (Å²) in [6.45, 7) is 6.35. The molecule has 1 aromatic heterocycles. The van der Waals surface area contributed by atoms with Crippen LogP contribution in [0.1, 0.15) is 39.2 Å². The van der Waals surface area contributed by atoms with E-state index in [1.54, 1.807) is 27.0 Å². The molecule has 0 saturated heterocycles. The molecule has 26 heavy (non-hydrogen) atoms. The molecule has 1 unspecified atom stereocenters. The lowest BCUT2D eigenvalue weighted by atomic mass is 9.79. The summed E-state index contributed by atoms with van der Waals surface area (Å²) < 4.78 is 10.3. The molecule has 2 aromatic rings. The minimum atomic E-state index is -1.97. The van der Waals surface area contributed by atoms with Crippen molar-refractivity contribution in [3.05, 3.63) is 36.0 Å². The second-order valence-electron chi connectivity index (χ2n) is 5.94. The number of H-pyrrole nitrogens is 1. The number of carbonyl (C=O) groups is 3. The Balaban J connectivity index is 2.64. The van der Waals surface area contributed by atoms with Crippen LogP contribution in [0.2, 0.25) is 0 Å². The van der Waals surface area contributed by atoms with E-state index in [4.69, 9.17) is 9.47 Å². The van der Waals surface area contributed by atoms with E-state index in [2.05, 4.69) is 10.3 Å². The number of hydrogen-bond donors (Lipinski definition) is 2. The van der Waals surface area contributed by atoms with E-state index in [1.165, 1.54) is 6.92 Å². The van der Waals surface area contributed by atoms with Gasteiger partial charge in [0.15, 0.2) is 0 Å². The lowest BCUT2D eigenvalue weighted by Crippen LogP contribution is -2.64. The van der Waals surface area contributed by atoms with Crippen molar-refractivity contribution in [1.29, 1.82) is 0 Å². The highest BCUT2D eigenvalue weighted by molar-refractivity contribution is 6.09. The molecule has 140 valence electrons. The summed E-state index contributed by atoms with van der Waals surface area (Å²) in [5, 5.41) is 3.36. The summed E-state index contributed by atoms with van der Waals surface area (Å²) >= 11 is 0. The highest BCUT2D eigenvalue weighted by Gasteiger charge is 2.55. The summed E-state index contributed by atoms with van der Waals surface area (Å²) in [6.07, 6.45) is 1.73. The average Bonchev–Trinajstić information content (AvgIpc) is 3.03. The molecule has 7 nitrogen and oxygen atoms in total. The van der Waals surface area contributed by atoms with Gasteiger partial charge in [-0.25, -0.2) is 9.59 Å². The second kappa shape index (κ2) is 8.03. The Morgan fingerprint density at radius 3 is 2.23 bits per heavy atom. The Hall–Kier alpha value is -2.83. The summed E-state index contributed by atoms with van der Waals surface area (Å²) in [5.74, 6) is -2.93. The van der Waals surface area contributed by atoms with Gasteiger partial charge in [-0.15, -0.1) is 0 Å². The van der Waals surface area contributed by atoms with Crippen molar-refractivity contribution >= 4 is 28.7 Å². The molecule has 0 aliphatic carbocycles. The van der Waals surface area contributed by atoms with Crippen molar-refractivity contribution < 1.29 is 23.9 Å². The maximum Gasteiger partial charge on any atom is 0.344 e. The topological polar surface area (TPSA) is 97.5 Å². The number of rotatable bonds is 7. The molecular weight excluding hydrogens is 336 g/mol. The monoisotopic (exact) mass is 360 g/mol. The number of nitrogens with one attached hydrogen (secondary N) is 2. The van der Waals surface area contributed by atoms with Crippen molar-refractivity contribution in [3.63, 3.8) is 0 Å². The van der Waals surface area contributed by atoms with Crippen LogP contribution in [0.4, 0.5) is 0 Å². The number of aromatic amines is 1. The van der Waals surface area contributed by atoms with Gasteiger partial charge in [0.2, 0.25) is 11.4 Å². The van der Waals surface area contributed by atoms with Crippen molar-refractivity contribution in [2.75, 3.05) is 13.2 Å².